The zero-order valence-electron chi connectivity index (χ0n) is 10.5. The van der Waals surface area contributed by atoms with Gasteiger partial charge >= 0.3 is 0 Å². The Kier molecular flexibility index (Phi) is 3.35. The van der Waals surface area contributed by atoms with Crippen molar-refractivity contribution in [1.82, 2.24) is 9.97 Å². The van der Waals surface area contributed by atoms with Gasteiger partial charge in [0, 0.05) is 17.1 Å². The SMILES string of the molecule is O=c1ccc(S(=O)(=O)Nc2nc3c(s2)CCCC3)c[nH]1. The highest BCUT2D eigenvalue weighted by Gasteiger charge is 2.20. The standard InChI is InChI=1S/C12H13N3O3S2/c16-11-6-5-8(7-13-11)20(17,18)15-12-14-9-3-1-2-4-10(9)19-12/h5-7H,1-4H2,(H,13,16)(H,14,15). The molecule has 0 spiro atoms. The molecule has 106 valence electrons. The summed E-state index contributed by atoms with van der Waals surface area (Å²) < 4.78 is 26.8. The lowest BCUT2D eigenvalue weighted by Gasteiger charge is -2.06. The zero-order chi connectivity index (χ0) is 14.2. The van der Waals surface area contributed by atoms with Crippen molar-refractivity contribution in [2.24, 2.45) is 0 Å². The molecule has 2 aromatic rings. The Morgan fingerprint density at radius 2 is 2.05 bits per heavy atom. The van der Waals surface area contributed by atoms with E-state index in [1.165, 1.54) is 29.7 Å². The van der Waals surface area contributed by atoms with E-state index < -0.39 is 10.0 Å². The molecule has 0 aliphatic heterocycles. The second-order valence-electron chi connectivity index (χ2n) is 4.59. The van der Waals surface area contributed by atoms with Crippen molar-refractivity contribution in [3.8, 4) is 0 Å². The van der Waals surface area contributed by atoms with Crippen LogP contribution < -0.4 is 10.3 Å². The molecule has 0 atom stereocenters. The highest BCUT2D eigenvalue weighted by Crippen LogP contribution is 2.30. The van der Waals surface area contributed by atoms with E-state index in [1.807, 2.05) is 0 Å². The van der Waals surface area contributed by atoms with E-state index in [2.05, 4.69) is 14.7 Å². The molecular weight excluding hydrogens is 298 g/mol. The second-order valence-corrected chi connectivity index (χ2v) is 7.36. The summed E-state index contributed by atoms with van der Waals surface area (Å²) in [6.07, 6.45) is 5.28. The monoisotopic (exact) mass is 311 g/mol. The number of pyridine rings is 1. The molecule has 0 saturated carbocycles. The van der Waals surface area contributed by atoms with E-state index in [-0.39, 0.29) is 10.5 Å². The molecule has 3 rings (SSSR count). The van der Waals surface area contributed by atoms with E-state index in [0.29, 0.717) is 5.13 Å². The molecule has 0 fully saturated rings. The number of nitrogens with zero attached hydrogens (tertiary/aromatic N) is 1. The lowest BCUT2D eigenvalue weighted by molar-refractivity contribution is 0.600. The first-order chi connectivity index (χ1) is 9.54. The first kappa shape index (κ1) is 13.3. The van der Waals surface area contributed by atoms with Gasteiger partial charge in [0.2, 0.25) is 5.56 Å². The normalized spacial score (nSPS) is 14.8. The van der Waals surface area contributed by atoms with E-state index in [9.17, 15) is 13.2 Å². The van der Waals surface area contributed by atoms with Crippen LogP contribution in [-0.2, 0) is 22.9 Å². The molecule has 2 heterocycles. The fourth-order valence-corrected chi connectivity index (χ4v) is 4.38. The summed E-state index contributed by atoms with van der Waals surface area (Å²) in [4.78, 5) is 18.8. The smallest absolute Gasteiger partial charge is 0.265 e. The maximum atomic E-state index is 12.2. The van der Waals surface area contributed by atoms with Crippen LogP contribution in [0.25, 0.3) is 0 Å². The molecule has 0 unspecified atom stereocenters. The Balaban J connectivity index is 1.88. The Labute approximate surface area is 119 Å². The number of hydrogen-bond acceptors (Lipinski definition) is 5. The van der Waals surface area contributed by atoms with Crippen LogP contribution in [0.15, 0.2) is 28.0 Å². The van der Waals surface area contributed by atoms with Crippen molar-refractivity contribution < 1.29 is 8.42 Å². The minimum atomic E-state index is -3.70. The summed E-state index contributed by atoms with van der Waals surface area (Å²) in [5.74, 6) is 0. The fourth-order valence-electron chi connectivity index (χ4n) is 2.13. The quantitative estimate of drug-likeness (QED) is 0.898. The lowest BCUT2D eigenvalue weighted by atomic mass is 10.0. The number of hydrogen-bond donors (Lipinski definition) is 2. The van der Waals surface area contributed by atoms with Gasteiger partial charge in [-0.15, -0.1) is 11.3 Å². The third-order valence-corrected chi connectivity index (χ3v) is 5.67. The van der Waals surface area contributed by atoms with Gasteiger partial charge in [0.25, 0.3) is 10.0 Å². The zero-order valence-corrected chi connectivity index (χ0v) is 12.2. The topological polar surface area (TPSA) is 91.9 Å². The molecule has 20 heavy (non-hydrogen) atoms. The van der Waals surface area contributed by atoms with Gasteiger partial charge in [0.1, 0.15) is 4.90 Å². The Morgan fingerprint density at radius 1 is 1.25 bits per heavy atom. The highest BCUT2D eigenvalue weighted by atomic mass is 32.2. The van der Waals surface area contributed by atoms with Crippen LogP contribution in [0.4, 0.5) is 5.13 Å². The number of anilines is 1. The highest BCUT2D eigenvalue weighted by molar-refractivity contribution is 7.93. The maximum absolute atomic E-state index is 12.2. The maximum Gasteiger partial charge on any atom is 0.265 e. The van der Waals surface area contributed by atoms with Gasteiger partial charge in [0.05, 0.1) is 5.69 Å². The molecule has 2 N–H and O–H groups in total. The number of rotatable bonds is 3. The van der Waals surface area contributed by atoms with Crippen LogP contribution in [0.2, 0.25) is 0 Å². The van der Waals surface area contributed by atoms with Crippen molar-refractivity contribution in [3.63, 3.8) is 0 Å². The molecule has 2 aromatic heterocycles. The third-order valence-electron chi connectivity index (χ3n) is 3.13. The van der Waals surface area contributed by atoms with Crippen LogP contribution in [0.1, 0.15) is 23.4 Å². The molecule has 0 saturated heterocycles. The summed E-state index contributed by atoms with van der Waals surface area (Å²) in [6, 6.07) is 2.45. The Hall–Kier alpha value is -1.67. The predicted molar refractivity (Wildman–Crippen MR) is 76.6 cm³/mol. The number of fused-ring (bicyclic) bond motifs is 1. The third kappa shape index (κ3) is 2.61. The molecule has 0 amide bonds. The van der Waals surface area contributed by atoms with Gasteiger partial charge < -0.3 is 4.98 Å². The molecule has 1 aliphatic rings. The summed E-state index contributed by atoms with van der Waals surface area (Å²) >= 11 is 1.39. The van der Waals surface area contributed by atoms with E-state index in [4.69, 9.17) is 0 Å². The van der Waals surface area contributed by atoms with Crippen molar-refractivity contribution in [2.45, 2.75) is 30.6 Å². The summed E-state index contributed by atoms with van der Waals surface area (Å²) in [5.41, 5.74) is 0.661. The fraction of sp³-hybridized carbons (Fsp3) is 0.333. The largest absolute Gasteiger partial charge is 0.328 e. The number of H-pyrrole nitrogens is 1. The Morgan fingerprint density at radius 3 is 2.75 bits per heavy atom. The van der Waals surface area contributed by atoms with Gasteiger partial charge in [-0.1, -0.05) is 0 Å². The van der Waals surface area contributed by atoms with Gasteiger partial charge in [-0.2, -0.15) is 0 Å². The average Bonchev–Trinajstić information content (AvgIpc) is 2.80. The summed E-state index contributed by atoms with van der Waals surface area (Å²) in [7, 11) is -3.70. The number of aromatic nitrogens is 2. The van der Waals surface area contributed by atoms with Gasteiger partial charge in [-0.25, -0.2) is 13.4 Å². The molecule has 0 bridgehead atoms. The van der Waals surface area contributed by atoms with Crippen molar-refractivity contribution in [3.05, 3.63) is 39.3 Å². The minimum Gasteiger partial charge on any atom is -0.328 e. The molecule has 0 radical (unpaired) electrons. The van der Waals surface area contributed by atoms with Gasteiger partial charge in [-0.3, -0.25) is 9.52 Å². The number of nitrogens with one attached hydrogen (secondary N) is 2. The van der Waals surface area contributed by atoms with E-state index in [1.54, 1.807) is 0 Å². The number of aromatic amines is 1. The summed E-state index contributed by atoms with van der Waals surface area (Å²) in [5, 5.41) is 0.392. The van der Waals surface area contributed by atoms with Gasteiger partial charge in [0.15, 0.2) is 5.13 Å². The van der Waals surface area contributed by atoms with Crippen LogP contribution in [0, 0.1) is 0 Å². The molecule has 0 aromatic carbocycles. The second kappa shape index (κ2) is 5.02. The number of thiazole rings is 1. The molecule has 6 nitrogen and oxygen atoms in total. The van der Waals surface area contributed by atoms with Gasteiger partial charge in [-0.05, 0) is 31.7 Å². The lowest BCUT2D eigenvalue weighted by Crippen LogP contribution is -2.15. The minimum absolute atomic E-state index is 0.0188. The van der Waals surface area contributed by atoms with Crippen LogP contribution in [-0.4, -0.2) is 18.4 Å². The van der Waals surface area contributed by atoms with E-state index in [0.717, 1.165) is 36.3 Å². The number of aryl methyl sites for hydroxylation is 2. The number of sulfonamides is 1. The first-order valence-corrected chi connectivity index (χ1v) is 8.55. The van der Waals surface area contributed by atoms with Crippen LogP contribution in [0.5, 0.6) is 0 Å². The molecule has 8 heteroatoms. The molecule has 1 aliphatic carbocycles. The molecular formula is C12H13N3O3S2. The predicted octanol–water partition coefficient (Wildman–Crippen LogP) is 1.51. The van der Waals surface area contributed by atoms with Crippen molar-refractivity contribution in [1.29, 1.82) is 0 Å². The van der Waals surface area contributed by atoms with Crippen molar-refractivity contribution in [2.75, 3.05) is 4.72 Å². The Bertz CT molecular complexity index is 749. The van der Waals surface area contributed by atoms with Crippen LogP contribution in [0.3, 0.4) is 0 Å². The summed E-state index contributed by atoms with van der Waals surface area (Å²) in [6.45, 7) is 0. The average molecular weight is 311 g/mol. The van der Waals surface area contributed by atoms with Crippen molar-refractivity contribution >= 4 is 26.5 Å². The van der Waals surface area contributed by atoms with Crippen LogP contribution >= 0.6 is 11.3 Å². The first-order valence-electron chi connectivity index (χ1n) is 6.25. The van der Waals surface area contributed by atoms with E-state index >= 15 is 0 Å².